The van der Waals surface area contributed by atoms with Gasteiger partial charge in [-0.25, -0.2) is 0 Å². The molecule has 0 radical (unpaired) electrons. The molecule has 0 saturated carbocycles. The molecule has 0 bridgehead atoms. The molecule has 2 amide bonds. The smallest absolute Gasteiger partial charge is 0.327 e. The number of nitro groups is 1. The zero-order valence-electron chi connectivity index (χ0n) is 18.4. The number of hydrogen-bond donors (Lipinski definition) is 0. The van der Waals surface area contributed by atoms with Crippen molar-refractivity contribution in [3.8, 4) is 5.75 Å². The lowest BCUT2D eigenvalue weighted by Crippen LogP contribution is -2.36. The number of amides is 2. The molecule has 176 valence electrons. The van der Waals surface area contributed by atoms with E-state index in [1.54, 1.807) is 42.5 Å². The molecule has 0 aromatic heterocycles. The number of Topliss-reactive ketones (excluding diaryl/α,β-unsaturated/α-hetero) is 1. The van der Waals surface area contributed by atoms with Crippen molar-refractivity contribution in [3.05, 3.63) is 105 Å². The van der Waals surface area contributed by atoms with Crippen LogP contribution in [0.5, 0.6) is 5.75 Å². The highest BCUT2D eigenvalue weighted by molar-refractivity contribution is 6.24. The van der Waals surface area contributed by atoms with Gasteiger partial charge in [-0.05, 0) is 30.3 Å². The number of nitrogens with zero attached hydrogens (tertiary/aromatic N) is 2. The molecule has 3 aromatic rings. The van der Waals surface area contributed by atoms with Gasteiger partial charge in [0.25, 0.3) is 17.5 Å². The number of ketones is 1. The maximum atomic E-state index is 13.2. The van der Waals surface area contributed by atoms with Crippen LogP contribution >= 0.6 is 0 Å². The molecule has 10 nitrogen and oxygen atoms in total. The minimum Gasteiger partial charge on any atom is -0.497 e. The second-order valence-electron chi connectivity index (χ2n) is 7.53. The first kappa shape index (κ1) is 23.3. The molecule has 3 aromatic carbocycles. The molecule has 0 fully saturated rings. The van der Waals surface area contributed by atoms with Gasteiger partial charge in [0.2, 0.25) is 5.78 Å². The lowest BCUT2D eigenvalue weighted by molar-refractivity contribution is -0.385. The number of benzene rings is 3. The summed E-state index contributed by atoms with van der Waals surface area (Å²) in [7, 11) is 1.49. The Balaban J connectivity index is 1.57. The third-order valence-corrected chi connectivity index (χ3v) is 5.43. The molecule has 1 heterocycles. The Morgan fingerprint density at radius 2 is 1.63 bits per heavy atom. The summed E-state index contributed by atoms with van der Waals surface area (Å²) < 4.78 is 10.5. The Morgan fingerprint density at radius 1 is 0.943 bits per heavy atom. The van der Waals surface area contributed by atoms with E-state index in [1.165, 1.54) is 31.4 Å². The van der Waals surface area contributed by atoms with Crippen LogP contribution in [0.1, 0.15) is 42.7 Å². The van der Waals surface area contributed by atoms with Gasteiger partial charge in [0, 0.05) is 17.2 Å². The molecule has 0 aliphatic carbocycles. The highest BCUT2D eigenvalue weighted by Gasteiger charge is 2.42. The Bertz CT molecular complexity index is 1340. The fraction of sp³-hybridized carbons (Fsp3) is 0.120. The van der Waals surface area contributed by atoms with Crippen molar-refractivity contribution >= 4 is 29.3 Å². The predicted molar refractivity (Wildman–Crippen MR) is 121 cm³/mol. The highest BCUT2D eigenvalue weighted by atomic mass is 16.6. The van der Waals surface area contributed by atoms with Crippen LogP contribution < -0.4 is 4.74 Å². The summed E-state index contributed by atoms with van der Waals surface area (Å²) >= 11 is 0. The van der Waals surface area contributed by atoms with E-state index in [0.717, 1.165) is 6.07 Å². The van der Waals surface area contributed by atoms with E-state index in [2.05, 4.69) is 0 Å². The van der Waals surface area contributed by atoms with Gasteiger partial charge in [-0.1, -0.05) is 36.4 Å². The van der Waals surface area contributed by atoms with Crippen molar-refractivity contribution < 1.29 is 33.6 Å². The number of nitro benzene ring substituents is 1. The number of esters is 1. The van der Waals surface area contributed by atoms with Crippen molar-refractivity contribution in [2.75, 3.05) is 13.7 Å². The molecule has 0 saturated heterocycles. The summed E-state index contributed by atoms with van der Waals surface area (Å²) in [6.45, 7) is -0.817. The standard InChI is InChI=1S/C25H18N2O8/c1-34-17-12-10-15(11-13-17)22(29)23(16-6-3-2-4-7-16)35-20(28)14-26-24(30)18-8-5-9-19(27(32)33)21(18)25(26)31/h2-13,23H,14H2,1H3/t23-/m1/s1. The number of fused-ring (bicyclic) bond motifs is 1. The van der Waals surface area contributed by atoms with Crippen molar-refractivity contribution in [3.63, 3.8) is 0 Å². The molecular weight excluding hydrogens is 456 g/mol. The van der Waals surface area contributed by atoms with E-state index in [0.29, 0.717) is 16.2 Å². The maximum Gasteiger partial charge on any atom is 0.327 e. The van der Waals surface area contributed by atoms with E-state index in [1.807, 2.05) is 0 Å². The van der Waals surface area contributed by atoms with Crippen molar-refractivity contribution in [1.29, 1.82) is 0 Å². The zero-order chi connectivity index (χ0) is 25.1. The Labute approximate surface area is 198 Å². The summed E-state index contributed by atoms with van der Waals surface area (Å²) in [5.74, 6) is -2.85. The summed E-state index contributed by atoms with van der Waals surface area (Å²) in [4.78, 5) is 62.5. The van der Waals surface area contributed by atoms with Crippen LogP contribution in [0.15, 0.2) is 72.8 Å². The second-order valence-corrected chi connectivity index (χ2v) is 7.53. The lowest BCUT2D eigenvalue weighted by atomic mass is 9.99. The van der Waals surface area contributed by atoms with Gasteiger partial charge in [-0.15, -0.1) is 0 Å². The average Bonchev–Trinajstić information content (AvgIpc) is 3.12. The van der Waals surface area contributed by atoms with Crippen LogP contribution in [0.2, 0.25) is 0 Å². The van der Waals surface area contributed by atoms with Gasteiger partial charge >= 0.3 is 5.97 Å². The van der Waals surface area contributed by atoms with E-state index in [9.17, 15) is 29.3 Å². The third-order valence-electron chi connectivity index (χ3n) is 5.43. The Morgan fingerprint density at radius 3 is 2.26 bits per heavy atom. The van der Waals surface area contributed by atoms with Crippen LogP contribution in [0.3, 0.4) is 0 Å². The van der Waals surface area contributed by atoms with E-state index < -0.39 is 46.8 Å². The third kappa shape index (κ3) is 4.49. The summed E-state index contributed by atoms with van der Waals surface area (Å²) in [5.41, 5.74) is -0.452. The van der Waals surface area contributed by atoms with Crippen molar-refractivity contribution in [1.82, 2.24) is 4.90 Å². The predicted octanol–water partition coefficient (Wildman–Crippen LogP) is 3.37. The number of imide groups is 1. The first-order chi connectivity index (χ1) is 16.8. The molecule has 4 rings (SSSR count). The number of carbonyl (C=O) groups is 4. The van der Waals surface area contributed by atoms with Crippen LogP contribution in [-0.4, -0.2) is 47.0 Å². The van der Waals surface area contributed by atoms with Gasteiger partial charge in [0.1, 0.15) is 17.9 Å². The lowest BCUT2D eigenvalue weighted by Gasteiger charge is -2.19. The Hall–Kier alpha value is -4.86. The number of rotatable bonds is 8. The molecule has 1 aliphatic heterocycles. The summed E-state index contributed by atoms with van der Waals surface area (Å²) in [6.07, 6.45) is -1.35. The molecule has 0 unspecified atom stereocenters. The monoisotopic (exact) mass is 474 g/mol. The quantitative estimate of drug-likeness (QED) is 0.160. The van der Waals surface area contributed by atoms with Gasteiger partial charge < -0.3 is 9.47 Å². The normalized spacial score (nSPS) is 13.2. The number of methoxy groups -OCH3 is 1. The minimum atomic E-state index is -1.35. The van der Waals surface area contributed by atoms with Crippen LogP contribution in [-0.2, 0) is 9.53 Å². The Kier molecular flexibility index (Phi) is 6.36. The zero-order valence-corrected chi connectivity index (χ0v) is 18.4. The minimum absolute atomic E-state index is 0.175. The molecule has 0 spiro atoms. The maximum absolute atomic E-state index is 13.2. The molecule has 1 aliphatic rings. The van der Waals surface area contributed by atoms with Gasteiger partial charge in [-0.2, -0.15) is 0 Å². The fourth-order valence-corrected chi connectivity index (χ4v) is 3.72. The highest BCUT2D eigenvalue weighted by Crippen LogP contribution is 2.31. The summed E-state index contributed by atoms with van der Waals surface area (Å²) in [6, 6.07) is 18.1. The van der Waals surface area contributed by atoms with Gasteiger partial charge in [0.05, 0.1) is 17.6 Å². The van der Waals surface area contributed by atoms with Gasteiger partial charge in [0.15, 0.2) is 6.10 Å². The average molecular weight is 474 g/mol. The fourth-order valence-electron chi connectivity index (χ4n) is 3.72. The van der Waals surface area contributed by atoms with Crippen molar-refractivity contribution in [2.45, 2.75) is 6.10 Å². The van der Waals surface area contributed by atoms with E-state index in [4.69, 9.17) is 9.47 Å². The van der Waals surface area contributed by atoms with Crippen molar-refractivity contribution in [2.24, 2.45) is 0 Å². The first-order valence-corrected chi connectivity index (χ1v) is 10.4. The van der Waals surface area contributed by atoms with Gasteiger partial charge in [-0.3, -0.25) is 34.2 Å². The SMILES string of the molecule is COc1ccc(C(=O)[C@H](OC(=O)CN2C(=O)c3cccc([N+](=O)[O-])c3C2=O)c2ccccc2)cc1. The molecule has 0 N–H and O–H groups in total. The van der Waals surface area contributed by atoms with Crippen LogP contribution in [0.4, 0.5) is 5.69 Å². The molecule has 10 heteroatoms. The molecule has 35 heavy (non-hydrogen) atoms. The van der Waals surface area contributed by atoms with Crippen LogP contribution in [0, 0.1) is 10.1 Å². The number of ether oxygens (including phenoxy) is 2. The topological polar surface area (TPSA) is 133 Å². The second kappa shape index (κ2) is 9.56. The van der Waals surface area contributed by atoms with E-state index >= 15 is 0 Å². The number of hydrogen-bond acceptors (Lipinski definition) is 8. The molecular formula is C25H18N2O8. The first-order valence-electron chi connectivity index (χ1n) is 10.4. The number of carbonyl (C=O) groups excluding carboxylic acids is 4. The van der Waals surface area contributed by atoms with Crippen LogP contribution in [0.25, 0.3) is 0 Å². The molecule has 1 atom stereocenters. The summed E-state index contributed by atoms with van der Waals surface area (Å²) in [5, 5.41) is 11.3. The largest absolute Gasteiger partial charge is 0.497 e. The van der Waals surface area contributed by atoms with E-state index in [-0.39, 0.29) is 16.7 Å².